The van der Waals surface area contributed by atoms with Crippen LogP contribution in [-0.4, -0.2) is 37.8 Å². The predicted molar refractivity (Wildman–Crippen MR) is 145 cm³/mol. The van der Waals surface area contributed by atoms with Gasteiger partial charge >= 0.3 is 0 Å². The first-order valence-corrected chi connectivity index (χ1v) is 12.1. The zero-order chi connectivity index (χ0) is 25.4. The van der Waals surface area contributed by atoms with Crippen LogP contribution in [0.15, 0.2) is 63.6 Å². The van der Waals surface area contributed by atoms with Crippen LogP contribution in [0.4, 0.5) is 0 Å². The van der Waals surface area contributed by atoms with Gasteiger partial charge in [-0.05, 0) is 80.9 Å². The molecule has 0 aromatic heterocycles. The van der Waals surface area contributed by atoms with Crippen molar-refractivity contribution in [3.8, 4) is 17.2 Å². The average Bonchev–Trinajstić information content (AvgIpc) is 2.85. The Labute approximate surface area is 224 Å². The number of hydrogen-bond donors (Lipinski definition) is 3. The van der Waals surface area contributed by atoms with Crippen LogP contribution in [0.5, 0.6) is 17.2 Å². The van der Waals surface area contributed by atoms with Crippen molar-refractivity contribution >= 4 is 77.9 Å². The van der Waals surface area contributed by atoms with Crippen LogP contribution in [0.1, 0.15) is 5.56 Å². The number of fused-ring (bicyclic) bond motifs is 1. The van der Waals surface area contributed by atoms with Crippen molar-refractivity contribution in [1.82, 2.24) is 16.2 Å². The number of methoxy groups -OCH3 is 2. The second-order valence-electron chi connectivity index (χ2n) is 6.97. The minimum absolute atomic E-state index is 0.0715. The molecule has 0 spiro atoms. The van der Waals surface area contributed by atoms with Gasteiger partial charge in [-0.2, -0.15) is 0 Å². The van der Waals surface area contributed by atoms with Crippen LogP contribution in [0.2, 0.25) is 0 Å². The Morgan fingerprint density at radius 3 is 2.43 bits per heavy atom. The molecular weight excluding hydrogens is 602 g/mol. The maximum atomic E-state index is 12.1. The molecule has 0 fully saturated rings. The maximum Gasteiger partial charge on any atom is 0.276 e. The number of ether oxygens (including phenoxy) is 3. The number of halogens is 2. The molecule has 0 saturated carbocycles. The van der Waals surface area contributed by atoms with Gasteiger partial charge in [0.2, 0.25) is 5.91 Å². The van der Waals surface area contributed by atoms with Gasteiger partial charge in [0.25, 0.3) is 5.91 Å². The monoisotopic (exact) mass is 621 g/mol. The average molecular weight is 623 g/mol. The van der Waals surface area contributed by atoms with Crippen LogP contribution < -0.4 is 30.4 Å². The van der Waals surface area contributed by atoms with E-state index in [1.165, 1.54) is 13.2 Å². The lowest BCUT2D eigenvalue weighted by atomic mass is 10.1. The maximum absolute atomic E-state index is 12.1. The molecule has 35 heavy (non-hydrogen) atoms. The second-order valence-corrected chi connectivity index (χ2v) is 9.09. The molecule has 8 nitrogen and oxygen atoms in total. The fraction of sp³-hybridized carbons (Fsp3) is 0.125. The number of rotatable bonds is 7. The van der Waals surface area contributed by atoms with Gasteiger partial charge in [-0.25, -0.2) is 0 Å². The lowest BCUT2D eigenvalue weighted by Gasteiger charge is -2.12. The molecule has 3 rings (SSSR count). The molecule has 0 heterocycles. The van der Waals surface area contributed by atoms with Crippen molar-refractivity contribution in [3.05, 3.63) is 69.1 Å². The van der Waals surface area contributed by atoms with E-state index in [2.05, 4.69) is 48.0 Å². The van der Waals surface area contributed by atoms with Gasteiger partial charge in [0, 0.05) is 10.5 Å². The lowest BCUT2D eigenvalue weighted by Crippen LogP contribution is -2.49. The number of hydrazine groups is 1. The molecule has 3 aromatic carbocycles. The number of nitrogens with one attached hydrogen (secondary N) is 3. The molecule has 0 radical (unpaired) electrons. The predicted octanol–water partition coefficient (Wildman–Crippen LogP) is 4.50. The summed E-state index contributed by atoms with van der Waals surface area (Å²) in [5.74, 6) is 0.687. The summed E-state index contributed by atoms with van der Waals surface area (Å²) in [5, 5.41) is 4.34. The normalized spacial score (nSPS) is 10.6. The summed E-state index contributed by atoms with van der Waals surface area (Å²) in [6, 6.07) is 14.8. The highest BCUT2D eigenvalue weighted by molar-refractivity contribution is 9.11. The molecule has 0 aliphatic rings. The third kappa shape index (κ3) is 7.41. The Morgan fingerprint density at radius 1 is 0.943 bits per heavy atom. The molecule has 0 atom stereocenters. The number of carbonyl (C=O) groups is 2. The molecule has 0 unspecified atom stereocenters. The minimum atomic E-state index is -0.481. The first-order valence-electron chi connectivity index (χ1n) is 10.1. The molecule has 0 saturated heterocycles. The Morgan fingerprint density at radius 2 is 1.69 bits per heavy atom. The van der Waals surface area contributed by atoms with Gasteiger partial charge in [-0.3, -0.25) is 25.8 Å². The Hall–Kier alpha value is -3.15. The highest BCUT2D eigenvalue weighted by Crippen LogP contribution is 2.34. The highest BCUT2D eigenvalue weighted by Gasteiger charge is 2.10. The summed E-state index contributed by atoms with van der Waals surface area (Å²) in [6.07, 6.45) is 2.89. The van der Waals surface area contributed by atoms with Crippen LogP contribution >= 0.6 is 44.1 Å². The Balaban J connectivity index is 1.45. The molecular formula is C24H21Br2N3O5S. The fourth-order valence-corrected chi connectivity index (χ4v) is 4.11. The van der Waals surface area contributed by atoms with Gasteiger partial charge < -0.3 is 14.2 Å². The number of amides is 2. The summed E-state index contributed by atoms with van der Waals surface area (Å²) >= 11 is 12.0. The molecule has 11 heteroatoms. The van der Waals surface area contributed by atoms with E-state index in [0.29, 0.717) is 17.2 Å². The first kappa shape index (κ1) is 26.5. The van der Waals surface area contributed by atoms with Crippen LogP contribution in [0.25, 0.3) is 16.8 Å². The van der Waals surface area contributed by atoms with E-state index in [0.717, 1.165) is 25.3 Å². The summed E-state index contributed by atoms with van der Waals surface area (Å²) in [4.78, 5) is 24.2. The van der Waals surface area contributed by atoms with E-state index in [1.807, 2.05) is 24.3 Å². The van der Waals surface area contributed by atoms with E-state index in [4.69, 9.17) is 26.4 Å². The van der Waals surface area contributed by atoms with E-state index < -0.39 is 11.8 Å². The number of carbonyl (C=O) groups excluding carboxylic acids is 2. The van der Waals surface area contributed by atoms with Crippen LogP contribution in [0, 0.1) is 0 Å². The highest BCUT2D eigenvalue weighted by atomic mass is 79.9. The SMILES string of the molecule is COc1ccc(/C=C/C(=O)NC(=S)NNC(=O)COc2ccc3cc(Br)ccc3c2Br)cc1OC. The molecule has 182 valence electrons. The summed E-state index contributed by atoms with van der Waals surface area (Å²) in [7, 11) is 3.07. The van der Waals surface area contributed by atoms with Crippen molar-refractivity contribution in [1.29, 1.82) is 0 Å². The Bertz CT molecular complexity index is 1300. The third-order valence-corrected chi connectivity index (χ3v) is 6.14. The van der Waals surface area contributed by atoms with Gasteiger partial charge in [0.05, 0.1) is 18.7 Å². The van der Waals surface area contributed by atoms with Crippen LogP contribution in [0.3, 0.4) is 0 Å². The van der Waals surface area contributed by atoms with Crippen molar-refractivity contribution in [3.63, 3.8) is 0 Å². The molecule has 0 aliphatic carbocycles. The minimum Gasteiger partial charge on any atom is -0.493 e. The zero-order valence-electron chi connectivity index (χ0n) is 18.7. The first-order chi connectivity index (χ1) is 16.8. The topological polar surface area (TPSA) is 97.9 Å². The van der Waals surface area contributed by atoms with Crippen molar-refractivity contribution < 1.29 is 23.8 Å². The molecule has 2 amide bonds. The number of benzene rings is 3. The fourth-order valence-electron chi connectivity index (χ4n) is 2.97. The summed E-state index contributed by atoms with van der Waals surface area (Å²) in [5.41, 5.74) is 5.57. The second kappa shape index (κ2) is 12.5. The quantitative estimate of drug-likeness (QED) is 0.203. The van der Waals surface area contributed by atoms with Crippen molar-refractivity contribution in [2.45, 2.75) is 0 Å². The third-order valence-electron chi connectivity index (χ3n) is 4.63. The molecule has 0 bridgehead atoms. The van der Waals surface area contributed by atoms with E-state index in [1.54, 1.807) is 37.5 Å². The van der Waals surface area contributed by atoms with Gasteiger partial charge in [-0.15, -0.1) is 0 Å². The molecule has 3 N–H and O–H groups in total. The standard InChI is InChI=1S/C24H21Br2N3O5S/c1-32-18-8-3-14(11-20(18)33-2)4-10-21(30)27-24(35)29-28-22(31)13-34-19-9-5-15-12-16(25)6-7-17(15)23(19)26/h3-12H,13H2,1-2H3,(H,28,31)(H2,27,29,30,35)/b10-4+. The van der Waals surface area contributed by atoms with Crippen molar-refractivity contribution in [2.24, 2.45) is 0 Å². The smallest absolute Gasteiger partial charge is 0.276 e. The van der Waals surface area contributed by atoms with E-state index in [9.17, 15) is 9.59 Å². The summed E-state index contributed by atoms with van der Waals surface area (Å²) < 4.78 is 17.7. The summed E-state index contributed by atoms with van der Waals surface area (Å²) in [6.45, 7) is -0.261. The molecule has 0 aliphatic heterocycles. The van der Waals surface area contributed by atoms with Crippen LogP contribution in [-0.2, 0) is 9.59 Å². The lowest BCUT2D eigenvalue weighted by molar-refractivity contribution is -0.123. The van der Waals surface area contributed by atoms with Gasteiger partial charge in [-0.1, -0.05) is 34.1 Å². The number of thiocarbonyl (C=S) groups is 1. The van der Waals surface area contributed by atoms with E-state index in [-0.39, 0.29) is 11.7 Å². The Kier molecular flexibility index (Phi) is 9.47. The van der Waals surface area contributed by atoms with E-state index >= 15 is 0 Å². The largest absolute Gasteiger partial charge is 0.493 e. The molecule has 3 aromatic rings. The zero-order valence-corrected chi connectivity index (χ0v) is 22.7. The van der Waals surface area contributed by atoms with Gasteiger partial charge in [0.1, 0.15) is 5.75 Å². The number of hydrogen-bond acceptors (Lipinski definition) is 6. The van der Waals surface area contributed by atoms with Gasteiger partial charge in [0.15, 0.2) is 23.2 Å². The van der Waals surface area contributed by atoms with Crippen molar-refractivity contribution in [2.75, 3.05) is 20.8 Å².